The van der Waals surface area contributed by atoms with Crippen LogP contribution < -0.4 is 5.32 Å². The Morgan fingerprint density at radius 3 is 2.78 bits per heavy atom. The Hall–Kier alpha value is -2.89. The van der Waals surface area contributed by atoms with Gasteiger partial charge in [-0.1, -0.05) is 18.2 Å². The van der Waals surface area contributed by atoms with E-state index in [1.807, 2.05) is 54.9 Å². The van der Waals surface area contributed by atoms with Crippen molar-refractivity contribution in [2.45, 2.75) is 26.4 Å². The van der Waals surface area contributed by atoms with Crippen molar-refractivity contribution in [3.05, 3.63) is 66.5 Å². The van der Waals surface area contributed by atoms with E-state index in [0.29, 0.717) is 12.2 Å². The summed E-state index contributed by atoms with van der Waals surface area (Å²) in [7, 11) is 0. The van der Waals surface area contributed by atoms with Crippen LogP contribution in [-0.4, -0.2) is 31.3 Å². The minimum atomic E-state index is -0.171. The highest BCUT2D eigenvalue weighted by molar-refractivity contribution is 5.92. The van der Waals surface area contributed by atoms with Gasteiger partial charge in [0.15, 0.2) is 5.69 Å². The largest absolute Gasteiger partial charge is 0.346 e. The summed E-state index contributed by atoms with van der Waals surface area (Å²) in [6.45, 7) is 4.56. The van der Waals surface area contributed by atoms with Crippen molar-refractivity contribution in [3.8, 4) is 5.69 Å². The molecule has 6 heteroatoms. The van der Waals surface area contributed by atoms with E-state index in [1.165, 1.54) is 0 Å². The molecule has 0 fully saturated rings. The van der Waals surface area contributed by atoms with Crippen molar-refractivity contribution in [3.63, 3.8) is 0 Å². The third kappa shape index (κ3) is 3.48. The summed E-state index contributed by atoms with van der Waals surface area (Å²) in [5.41, 5.74) is 2.28. The predicted octanol–water partition coefficient (Wildman–Crippen LogP) is 2.20. The summed E-state index contributed by atoms with van der Waals surface area (Å²) in [6.07, 6.45) is 5.33. The molecule has 1 aromatic carbocycles. The molecule has 0 saturated heterocycles. The number of para-hydroxylation sites is 1. The lowest BCUT2D eigenvalue weighted by Crippen LogP contribution is -2.35. The Bertz CT molecular complexity index is 777. The molecule has 0 radical (unpaired) electrons. The summed E-state index contributed by atoms with van der Waals surface area (Å²) in [5.74, 6) is -0.171. The molecular weight excluding hydrogens is 290 g/mol. The highest BCUT2D eigenvalue weighted by atomic mass is 16.2. The zero-order valence-electron chi connectivity index (χ0n) is 13.2. The molecule has 1 N–H and O–H groups in total. The third-order valence-corrected chi connectivity index (χ3v) is 3.54. The van der Waals surface area contributed by atoms with Crippen molar-refractivity contribution in [2.75, 3.05) is 0 Å². The van der Waals surface area contributed by atoms with Crippen LogP contribution in [0.3, 0.4) is 0 Å². The van der Waals surface area contributed by atoms with Crippen LogP contribution in [-0.2, 0) is 6.54 Å². The summed E-state index contributed by atoms with van der Waals surface area (Å²) < 4.78 is 3.70. The number of carbonyl (C=O) groups excluding carboxylic acids is 1. The molecule has 0 aliphatic heterocycles. The molecule has 1 atom stereocenters. The van der Waals surface area contributed by atoms with Crippen molar-refractivity contribution in [1.82, 2.24) is 24.6 Å². The minimum Gasteiger partial charge on any atom is -0.346 e. The first-order chi connectivity index (χ1) is 11.1. The first-order valence-corrected chi connectivity index (χ1v) is 7.52. The van der Waals surface area contributed by atoms with Gasteiger partial charge in [-0.25, -0.2) is 9.67 Å². The number of hydrogen-bond donors (Lipinski definition) is 1. The van der Waals surface area contributed by atoms with Gasteiger partial charge >= 0.3 is 0 Å². The number of amides is 1. The number of carbonyl (C=O) groups is 1. The standard InChI is InChI=1S/C17H19N5O/c1-13(11-21-9-8-18-12-21)19-17(23)16-10-14(2)22(20-16)15-6-4-3-5-7-15/h3-10,12-13H,11H2,1-2H3,(H,19,23). The average Bonchev–Trinajstić information content (AvgIpc) is 3.17. The maximum Gasteiger partial charge on any atom is 0.272 e. The maximum atomic E-state index is 12.4. The van der Waals surface area contributed by atoms with Crippen LogP contribution >= 0.6 is 0 Å². The number of aryl methyl sites for hydroxylation is 1. The number of aromatic nitrogens is 4. The van der Waals surface area contributed by atoms with Crippen LogP contribution in [0.2, 0.25) is 0 Å². The number of benzene rings is 1. The fourth-order valence-electron chi connectivity index (χ4n) is 2.47. The van der Waals surface area contributed by atoms with Crippen LogP contribution in [0, 0.1) is 6.92 Å². The van der Waals surface area contributed by atoms with Gasteiger partial charge in [-0.2, -0.15) is 5.10 Å². The Morgan fingerprint density at radius 1 is 1.30 bits per heavy atom. The van der Waals surface area contributed by atoms with Gasteiger partial charge in [-0.05, 0) is 32.0 Å². The molecule has 0 bridgehead atoms. The summed E-state index contributed by atoms with van der Waals surface area (Å²) >= 11 is 0. The van der Waals surface area contributed by atoms with Gasteiger partial charge in [0.25, 0.3) is 5.91 Å². The number of imidazole rings is 1. The fourth-order valence-corrected chi connectivity index (χ4v) is 2.47. The van der Waals surface area contributed by atoms with Crippen LogP contribution in [0.15, 0.2) is 55.1 Å². The Kier molecular flexibility index (Phi) is 4.23. The zero-order valence-corrected chi connectivity index (χ0v) is 13.2. The SMILES string of the molecule is Cc1cc(C(=O)NC(C)Cn2ccnc2)nn1-c1ccccc1. The van der Waals surface area contributed by atoms with Gasteiger partial charge in [0, 0.05) is 30.7 Å². The van der Waals surface area contributed by atoms with Crippen molar-refractivity contribution in [2.24, 2.45) is 0 Å². The van der Waals surface area contributed by atoms with Gasteiger partial charge in [-0.15, -0.1) is 0 Å². The van der Waals surface area contributed by atoms with E-state index in [1.54, 1.807) is 23.3 Å². The molecule has 2 aromatic heterocycles. The number of rotatable bonds is 5. The monoisotopic (exact) mass is 309 g/mol. The fraction of sp³-hybridized carbons (Fsp3) is 0.235. The zero-order chi connectivity index (χ0) is 16.2. The lowest BCUT2D eigenvalue weighted by atomic mass is 10.3. The normalized spacial score (nSPS) is 12.1. The molecule has 0 aliphatic carbocycles. The number of hydrogen-bond acceptors (Lipinski definition) is 3. The second kappa shape index (κ2) is 6.48. The molecule has 3 rings (SSSR count). The maximum absolute atomic E-state index is 12.4. The second-order valence-corrected chi connectivity index (χ2v) is 5.55. The summed E-state index contributed by atoms with van der Waals surface area (Å²) in [6, 6.07) is 11.6. The molecule has 0 aliphatic rings. The van der Waals surface area contributed by atoms with Crippen LogP contribution in [0.5, 0.6) is 0 Å². The van der Waals surface area contributed by atoms with E-state index in [4.69, 9.17) is 0 Å². The second-order valence-electron chi connectivity index (χ2n) is 5.55. The van der Waals surface area contributed by atoms with E-state index in [2.05, 4.69) is 15.4 Å². The van der Waals surface area contributed by atoms with E-state index < -0.39 is 0 Å². The Labute approximate surface area is 134 Å². The predicted molar refractivity (Wildman–Crippen MR) is 87.5 cm³/mol. The summed E-state index contributed by atoms with van der Waals surface area (Å²) in [5, 5.41) is 7.38. The highest BCUT2D eigenvalue weighted by Crippen LogP contribution is 2.11. The lowest BCUT2D eigenvalue weighted by molar-refractivity contribution is 0.0931. The number of nitrogens with zero attached hydrogens (tertiary/aromatic N) is 4. The van der Waals surface area contributed by atoms with Gasteiger partial charge in [0.05, 0.1) is 12.0 Å². The molecule has 23 heavy (non-hydrogen) atoms. The van der Waals surface area contributed by atoms with Crippen LogP contribution in [0.25, 0.3) is 5.69 Å². The first kappa shape index (κ1) is 15.0. The number of nitrogens with one attached hydrogen (secondary N) is 1. The summed E-state index contributed by atoms with van der Waals surface area (Å²) in [4.78, 5) is 16.4. The van der Waals surface area contributed by atoms with Crippen molar-refractivity contribution >= 4 is 5.91 Å². The molecule has 3 aromatic rings. The quantitative estimate of drug-likeness (QED) is 0.786. The van der Waals surface area contributed by atoms with Gasteiger partial charge in [0.1, 0.15) is 0 Å². The van der Waals surface area contributed by atoms with Gasteiger partial charge < -0.3 is 9.88 Å². The minimum absolute atomic E-state index is 0.0149. The van der Waals surface area contributed by atoms with Crippen molar-refractivity contribution in [1.29, 1.82) is 0 Å². The van der Waals surface area contributed by atoms with E-state index in [-0.39, 0.29) is 11.9 Å². The molecule has 1 unspecified atom stereocenters. The smallest absolute Gasteiger partial charge is 0.272 e. The van der Waals surface area contributed by atoms with E-state index in [0.717, 1.165) is 11.4 Å². The lowest BCUT2D eigenvalue weighted by Gasteiger charge is -2.13. The van der Waals surface area contributed by atoms with Crippen molar-refractivity contribution < 1.29 is 4.79 Å². The highest BCUT2D eigenvalue weighted by Gasteiger charge is 2.15. The topological polar surface area (TPSA) is 64.7 Å². The molecule has 6 nitrogen and oxygen atoms in total. The van der Waals surface area contributed by atoms with Gasteiger partial charge in [0.2, 0.25) is 0 Å². The van der Waals surface area contributed by atoms with Crippen LogP contribution in [0.4, 0.5) is 0 Å². The molecule has 0 spiro atoms. The molecule has 118 valence electrons. The Morgan fingerprint density at radius 2 is 2.09 bits per heavy atom. The van der Waals surface area contributed by atoms with E-state index in [9.17, 15) is 4.79 Å². The first-order valence-electron chi connectivity index (χ1n) is 7.52. The van der Waals surface area contributed by atoms with Gasteiger partial charge in [-0.3, -0.25) is 4.79 Å². The molecule has 0 saturated carbocycles. The molecule has 1 amide bonds. The van der Waals surface area contributed by atoms with Crippen LogP contribution in [0.1, 0.15) is 23.1 Å². The van der Waals surface area contributed by atoms with E-state index >= 15 is 0 Å². The molecular formula is C17H19N5O. The molecule has 2 heterocycles. The average molecular weight is 309 g/mol. The Balaban J connectivity index is 1.71. The third-order valence-electron chi connectivity index (χ3n) is 3.54.